The van der Waals surface area contributed by atoms with Crippen LogP contribution in [0.2, 0.25) is 5.02 Å². The smallest absolute Gasteiger partial charge is 0.153 e. The molecule has 1 aliphatic rings. The number of halogens is 1. The Kier molecular flexibility index (Phi) is 3.24. The molecule has 5 heteroatoms. The summed E-state index contributed by atoms with van der Waals surface area (Å²) in [5.41, 5.74) is 1.12. The third kappa shape index (κ3) is 2.75. The molecule has 1 atom stereocenters. The van der Waals surface area contributed by atoms with Gasteiger partial charge in [-0.15, -0.1) is 0 Å². The predicted molar refractivity (Wildman–Crippen MR) is 65.4 cm³/mol. The summed E-state index contributed by atoms with van der Waals surface area (Å²) in [4.78, 5) is 0. The molecular weight excluding hydrogens is 246 g/mol. The molecule has 1 aromatic rings. The Morgan fingerprint density at radius 3 is 2.38 bits per heavy atom. The molecule has 1 aliphatic heterocycles. The second-order valence-electron chi connectivity index (χ2n) is 4.21. The van der Waals surface area contributed by atoms with E-state index in [4.69, 9.17) is 11.6 Å². The molecule has 0 spiro atoms. The molecule has 1 saturated heterocycles. The van der Waals surface area contributed by atoms with Gasteiger partial charge in [0.05, 0.1) is 11.5 Å². The summed E-state index contributed by atoms with van der Waals surface area (Å²) in [5.74, 6) is 0.510. The Bertz CT molecular complexity index is 457. The van der Waals surface area contributed by atoms with Crippen LogP contribution in [0.25, 0.3) is 0 Å². The molecule has 0 bridgehead atoms. The van der Waals surface area contributed by atoms with Crippen molar-refractivity contribution in [2.75, 3.05) is 11.5 Å². The van der Waals surface area contributed by atoms with Crippen LogP contribution in [-0.4, -0.2) is 26.0 Å². The van der Waals surface area contributed by atoms with Gasteiger partial charge in [0.15, 0.2) is 9.84 Å². The zero-order valence-corrected chi connectivity index (χ0v) is 10.6. The van der Waals surface area contributed by atoms with Gasteiger partial charge in [-0.1, -0.05) is 23.7 Å². The fourth-order valence-corrected chi connectivity index (χ4v) is 3.31. The average Bonchev–Trinajstić information content (AvgIpc) is 2.15. The molecule has 2 rings (SSSR count). The first-order valence-electron chi connectivity index (χ1n) is 5.18. The quantitative estimate of drug-likeness (QED) is 0.900. The third-order valence-corrected chi connectivity index (χ3v) is 4.84. The summed E-state index contributed by atoms with van der Waals surface area (Å²) in [6.07, 6.45) is 0. The molecule has 0 aliphatic carbocycles. The summed E-state index contributed by atoms with van der Waals surface area (Å²) in [6.45, 7) is 2.02. The van der Waals surface area contributed by atoms with Gasteiger partial charge >= 0.3 is 0 Å². The summed E-state index contributed by atoms with van der Waals surface area (Å²) < 4.78 is 22.0. The van der Waals surface area contributed by atoms with Crippen LogP contribution in [0.15, 0.2) is 24.3 Å². The maximum Gasteiger partial charge on any atom is 0.153 e. The van der Waals surface area contributed by atoms with Gasteiger partial charge in [-0.2, -0.15) is 0 Å². The lowest BCUT2D eigenvalue weighted by Crippen LogP contribution is -2.51. The monoisotopic (exact) mass is 259 g/mol. The number of rotatable bonds is 3. The molecule has 1 heterocycles. The van der Waals surface area contributed by atoms with E-state index in [-0.39, 0.29) is 23.6 Å². The van der Waals surface area contributed by atoms with E-state index < -0.39 is 9.84 Å². The second-order valence-corrected chi connectivity index (χ2v) is 6.80. The number of hydrogen-bond acceptors (Lipinski definition) is 3. The molecule has 0 radical (unpaired) electrons. The third-order valence-electron chi connectivity index (χ3n) is 2.77. The molecule has 0 saturated carbocycles. The SMILES string of the molecule is CC(NC1CS(=O)(=O)C1)c1ccc(Cl)cc1. The maximum absolute atomic E-state index is 11.0. The van der Waals surface area contributed by atoms with E-state index in [1.165, 1.54) is 0 Å². The van der Waals surface area contributed by atoms with Crippen molar-refractivity contribution in [3.8, 4) is 0 Å². The highest BCUT2D eigenvalue weighted by Crippen LogP contribution is 2.19. The van der Waals surface area contributed by atoms with Gasteiger partial charge in [0, 0.05) is 17.1 Å². The van der Waals surface area contributed by atoms with E-state index in [2.05, 4.69) is 5.32 Å². The average molecular weight is 260 g/mol. The van der Waals surface area contributed by atoms with Gasteiger partial charge in [-0.3, -0.25) is 0 Å². The Balaban J connectivity index is 1.94. The molecule has 1 N–H and O–H groups in total. The van der Waals surface area contributed by atoms with Gasteiger partial charge in [0.2, 0.25) is 0 Å². The molecule has 1 fully saturated rings. The second kappa shape index (κ2) is 4.35. The van der Waals surface area contributed by atoms with E-state index in [1.807, 2.05) is 31.2 Å². The summed E-state index contributed by atoms with van der Waals surface area (Å²) in [7, 11) is -2.75. The summed E-state index contributed by atoms with van der Waals surface area (Å²) in [6, 6.07) is 7.83. The van der Waals surface area contributed by atoms with Crippen LogP contribution < -0.4 is 5.32 Å². The molecule has 0 amide bonds. The van der Waals surface area contributed by atoms with Crippen molar-refractivity contribution >= 4 is 21.4 Å². The summed E-state index contributed by atoms with van der Waals surface area (Å²) in [5, 5.41) is 4.00. The Hall–Kier alpha value is -0.580. The normalized spacial score (nSPS) is 21.4. The topological polar surface area (TPSA) is 46.2 Å². The van der Waals surface area contributed by atoms with E-state index >= 15 is 0 Å². The Morgan fingerprint density at radius 1 is 1.31 bits per heavy atom. The highest BCUT2D eigenvalue weighted by Gasteiger charge is 2.33. The molecule has 16 heavy (non-hydrogen) atoms. The Labute approximate surface area is 101 Å². The highest BCUT2D eigenvalue weighted by molar-refractivity contribution is 7.92. The van der Waals surface area contributed by atoms with Gasteiger partial charge in [-0.25, -0.2) is 8.42 Å². The van der Waals surface area contributed by atoms with E-state index in [0.717, 1.165) is 5.56 Å². The maximum atomic E-state index is 11.0. The molecule has 88 valence electrons. The molecule has 1 aromatic carbocycles. The lowest BCUT2D eigenvalue weighted by atomic mass is 10.1. The number of hydrogen-bond donors (Lipinski definition) is 1. The largest absolute Gasteiger partial charge is 0.305 e. The number of benzene rings is 1. The number of sulfone groups is 1. The van der Waals surface area contributed by atoms with Gasteiger partial charge in [0.25, 0.3) is 0 Å². The minimum atomic E-state index is -2.75. The van der Waals surface area contributed by atoms with Crippen molar-refractivity contribution in [1.29, 1.82) is 0 Å². The fraction of sp³-hybridized carbons (Fsp3) is 0.455. The first-order chi connectivity index (χ1) is 7.46. The van der Waals surface area contributed by atoms with Crippen molar-refractivity contribution in [1.82, 2.24) is 5.32 Å². The van der Waals surface area contributed by atoms with Crippen LogP contribution >= 0.6 is 11.6 Å². The van der Waals surface area contributed by atoms with Crippen LogP contribution in [0.5, 0.6) is 0 Å². The van der Waals surface area contributed by atoms with Crippen molar-refractivity contribution in [3.63, 3.8) is 0 Å². The minimum absolute atomic E-state index is 0.0932. The molecular formula is C11H14ClNO2S. The van der Waals surface area contributed by atoms with E-state index in [9.17, 15) is 8.42 Å². The molecule has 1 unspecified atom stereocenters. The molecule has 0 aromatic heterocycles. The van der Waals surface area contributed by atoms with Crippen LogP contribution in [0.3, 0.4) is 0 Å². The zero-order valence-electron chi connectivity index (χ0n) is 8.98. The fourth-order valence-electron chi connectivity index (χ4n) is 1.86. The van der Waals surface area contributed by atoms with E-state index in [1.54, 1.807) is 0 Å². The van der Waals surface area contributed by atoms with Gasteiger partial charge < -0.3 is 5.32 Å². The summed E-state index contributed by atoms with van der Waals surface area (Å²) >= 11 is 5.80. The standard InChI is InChI=1S/C11H14ClNO2S/c1-8(9-2-4-10(12)5-3-9)13-11-6-16(14,15)7-11/h2-5,8,11,13H,6-7H2,1H3. The van der Waals surface area contributed by atoms with Gasteiger partial charge in [-0.05, 0) is 24.6 Å². The minimum Gasteiger partial charge on any atom is -0.305 e. The van der Waals surface area contributed by atoms with Crippen molar-refractivity contribution in [3.05, 3.63) is 34.9 Å². The highest BCUT2D eigenvalue weighted by atomic mass is 35.5. The molecule has 3 nitrogen and oxygen atoms in total. The first-order valence-corrected chi connectivity index (χ1v) is 7.38. The van der Waals surface area contributed by atoms with Crippen LogP contribution in [0.4, 0.5) is 0 Å². The van der Waals surface area contributed by atoms with Crippen molar-refractivity contribution < 1.29 is 8.42 Å². The van der Waals surface area contributed by atoms with E-state index in [0.29, 0.717) is 5.02 Å². The van der Waals surface area contributed by atoms with Crippen LogP contribution in [0.1, 0.15) is 18.5 Å². The van der Waals surface area contributed by atoms with Crippen LogP contribution in [-0.2, 0) is 9.84 Å². The lowest BCUT2D eigenvalue weighted by Gasteiger charge is -2.30. The number of nitrogens with one attached hydrogen (secondary N) is 1. The zero-order chi connectivity index (χ0) is 11.8. The first kappa shape index (κ1) is 11.9. The van der Waals surface area contributed by atoms with Gasteiger partial charge in [0.1, 0.15) is 0 Å². The predicted octanol–water partition coefficient (Wildman–Crippen LogP) is 1.79. The van der Waals surface area contributed by atoms with Crippen molar-refractivity contribution in [2.24, 2.45) is 0 Å². The van der Waals surface area contributed by atoms with Crippen molar-refractivity contribution in [2.45, 2.75) is 19.0 Å². The lowest BCUT2D eigenvalue weighted by molar-refractivity contribution is 0.468. The Morgan fingerprint density at radius 2 is 1.88 bits per heavy atom. The van der Waals surface area contributed by atoms with Crippen LogP contribution in [0, 0.1) is 0 Å².